The highest BCUT2D eigenvalue weighted by Gasteiger charge is 2.25. The molecule has 1 unspecified atom stereocenters. The molecule has 0 fully saturated rings. The molecule has 3 N–H and O–H groups in total. The summed E-state index contributed by atoms with van der Waals surface area (Å²) in [6.07, 6.45) is 2.30. The van der Waals surface area contributed by atoms with Gasteiger partial charge in [0.25, 0.3) is 0 Å². The summed E-state index contributed by atoms with van der Waals surface area (Å²) in [6.45, 7) is 0. The normalized spacial score (nSPS) is 12.7. The van der Waals surface area contributed by atoms with Gasteiger partial charge in [-0.05, 0) is 23.4 Å². The standard InChI is InChI=1S/C23H18N2O2/c26-23(27)19(22-16-8-2-1-6-15(16)13-24-22)12-14-7-5-10-18-17-9-3-4-11-20(17)25-21(14)18/h1-11,13,19,24-25H,12H2,(H,26,27). The fraction of sp³-hybridized carbons (Fsp3) is 0.0870. The van der Waals surface area contributed by atoms with Crippen LogP contribution in [0.3, 0.4) is 0 Å². The van der Waals surface area contributed by atoms with Crippen molar-refractivity contribution in [2.45, 2.75) is 12.3 Å². The van der Waals surface area contributed by atoms with Crippen LogP contribution < -0.4 is 0 Å². The highest BCUT2D eigenvalue weighted by molar-refractivity contribution is 6.08. The van der Waals surface area contributed by atoms with Crippen LogP contribution in [0.25, 0.3) is 32.6 Å². The topological polar surface area (TPSA) is 68.9 Å². The third kappa shape index (κ3) is 2.49. The van der Waals surface area contributed by atoms with E-state index in [1.54, 1.807) is 0 Å². The monoisotopic (exact) mass is 354 g/mol. The van der Waals surface area contributed by atoms with Crippen molar-refractivity contribution in [2.24, 2.45) is 0 Å². The Bertz CT molecular complexity index is 1300. The SMILES string of the molecule is O=C(O)C(Cc1cccc2c1[nH]c1ccccc12)c1[nH]cc2ccccc12. The molecule has 3 aromatic carbocycles. The first-order valence-electron chi connectivity index (χ1n) is 8.99. The maximum Gasteiger partial charge on any atom is 0.312 e. The highest BCUT2D eigenvalue weighted by atomic mass is 16.4. The Morgan fingerprint density at radius 3 is 2.48 bits per heavy atom. The van der Waals surface area contributed by atoms with Crippen molar-refractivity contribution >= 4 is 38.5 Å². The molecule has 0 spiro atoms. The number of para-hydroxylation sites is 2. The van der Waals surface area contributed by atoms with Gasteiger partial charge in [0.1, 0.15) is 5.92 Å². The van der Waals surface area contributed by atoms with E-state index in [0.29, 0.717) is 6.42 Å². The third-order valence-electron chi connectivity index (χ3n) is 5.33. The van der Waals surface area contributed by atoms with Crippen LogP contribution in [0.1, 0.15) is 17.2 Å². The number of carbonyl (C=O) groups is 1. The molecule has 0 saturated heterocycles. The lowest BCUT2D eigenvalue weighted by Crippen LogP contribution is -2.15. The minimum absolute atomic E-state index is 0.421. The summed E-state index contributed by atoms with van der Waals surface area (Å²) in [5.74, 6) is -1.46. The molecular weight excluding hydrogens is 336 g/mol. The van der Waals surface area contributed by atoms with Crippen molar-refractivity contribution in [1.29, 1.82) is 0 Å². The van der Waals surface area contributed by atoms with E-state index in [1.807, 2.05) is 60.8 Å². The van der Waals surface area contributed by atoms with Crippen molar-refractivity contribution < 1.29 is 9.90 Å². The maximum absolute atomic E-state index is 12.1. The Morgan fingerprint density at radius 1 is 0.889 bits per heavy atom. The Balaban J connectivity index is 1.65. The van der Waals surface area contributed by atoms with E-state index >= 15 is 0 Å². The molecule has 0 bridgehead atoms. The molecule has 0 saturated carbocycles. The lowest BCUT2D eigenvalue weighted by Gasteiger charge is -2.13. The number of carboxylic acids is 1. The van der Waals surface area contributed by atoms with Crippen molar-refractivity contribution in [2.75, 3.05) is 0 Å². The van der Waals surface area contributed by atoms with Crippen molar-refractivity contribution in [1.82, 2.24) is 9.97 Å². The van der Waals surface area contributed by atoms with E-state index in [4.69, 9.17) is 0 Å². The van der Waals surface area contributed by atoms with E-state index in [-0.39, 0.29) is 0 Å². The molecule has 132 valence electrons. The van der Waals surface area contributed by atoms with Gasteiger partial charge >= 0.3 is 5.97 Å². The zero-order valence-corrected chi connectivity index (χ0v) is 14.6. The molecule has 0 radical (unpaired) electrons. The lowest BCUT2D eigenvalue weighted by atomic mass is 9.93. The number of fused-ring (bicyclic) bond motifs is 4. The molecule has 2 heterocycles. The summed E-state index contributed by atoms with van der Waals surface area (Å²) in [5.41, 5.74) is 3.85. The molecule has 27 heavy (non-hydrogen) atoms. The first kappa shape index (κ1) is 15.7. The van der Waals surface area contributed by atoms with Gasteiger partial charge in [-0.15, -0.1) is 0 Å². The third-order valence-corrected chi connectivity index (χ3v) is 5.33. The van der Waals surface area contributed by atoms with E-state index in [2.05, 4.69) is 22.1 Å². The van der Waals surface area contributed by atoms with Crippen LogP contribution >= 0.6 is 0 Å². The highest BCUT2D eigenvalue weighted by Crippen LogP contribution is 2.32. The zero-order chi connectivity index (χ0) is 18.4. The van der Waals surface area contributed by atoms with Gasteiger partial charge in [0.2, 0.25) is 0 Å². The van der Waals surface area contributed by atoms with Gasteiger partial charge < -0.3 is 15.1 Å². The Morgan fingerprint density at radius 2 is 1.63 bits per heavy atom. The molecule has 5 aromatic rings. The van der Waals surface area contributed by atoms with Crippen LogP contribution in [0.15, 0.2) is 72.9 Å². The van der Waals surface area contributed by atoms with Crippen LogP contribution in [0.4, 0.5) is 0 Å². The molecule has 5 rings (SSSR count). The van der Waals surface area contributed by atoms with Gasteiger partial charge in [0.15, 0.2) is 0 Å². The smallest absolute Gasteiger partial charge is 0.312 e. The Labute approximate surface area is 155 Å². The second kappa shape index (κ2) is 6.02. The maximum atomic E-state index is 12.1. The average molecular weight is 354 g/mol. The number of aliphatic carboxylic acids is 1. The number of rotatable bonds is 4. The van der Waals surface area contributed by atoms with E-state index in [0.717, 1.165) is 43.8 Å². The molecular formula is C23H18N2O2. The predicted molar refractivity (Wildman–Crippen MR) is 108 cm³/mol. The number of hydrogen-bond acceptors (Lipinski definition) is 1. The van der Waals surface area contributed by atoms with E-state index in [9.17, 15) is 9.90 Å². The Hall–Kier alpha value is -3.53. The van der Waals surface area contributed by atoms with E-state index in [1.165, 1.54) is 0 Å². The molecule has 2 aromatic heterocycles. The zero-order valence-electron chi connectivity index (χ0n) is 14.6. The molecule has 0 amide bonds. The van der Waals surface area contributed by atoms with Gasteiger partial charge in [-0.1, -0.05) is 60.7 Å². The van der Waals surface area contributed by atoms with E-state index < -0.39 is 11.9 Å². The molecule has 0 aliphatic heterocycles. The van der Waals surface area contributed by atoms with Crippen LogP contribution in [0, 0.1) is 0 Å². The van der Waals surface area contributed by atoms with Gasteiger partial charge in [-0.25, -0.2) is 0 Å². The fourth-order valence-electron chi connectivity index (χ4n) is 4.03. The average Bonchev–Trinajstić information content (AvgIpc) is 3.28. The van der Waals surface area contributed by atoms with Gasteiger partial charge in [-0.2, -0.15) is 0 Å². The summed E-state index contributed by atoms with van der Waals surface area (Å²) >= 11 is 0. The minimum Gasteiger partial charge on any atom is -0.481 e. The van der Waals surface area contributed by atoms with Crippen LogP contribution in [0.5, 0.6) is 0 Å². The number of hydrogen-bond donors (Lipinski definition) is 3. The predicted octanol–water partition coefficient (Wildman–Crippen LogP) is 5.21. The van der Waals surface area contributed by atoms with Crippen LogP contribution in [-0.4, -0.2) is 21.0 Å². The summed E-state index contributed by atoms with van der Waals surface area (Å²) < 4.78 is 0. The number of aromatic amines is 2. The number of nitrogens with one attached hydrogen (secondary N) is 2. The minimum atomic E-state index is -0.823. The first-order chi connectivity index (χ1) is 13.2. The largest absolute Gasteiger partial charge is 0.481 e. The quantitative estimate of drug-likeness (QED) is 0.414. The van der Waals surface area contributed by atoms with Gasteiger partial charge in [0, 0.05) is 39.1 Å². The summed E-state index contributed by atoms with van der Waals surface area (Å²) in [7, 11) is 0. The number of carboxylic acid groups (broad SMARTS) is 1. The summed E-state index contributed by atoms with van der Waals surface area (Å²) in [6, 6.07) is 22.1. The van der Waals surface area contributed by atoms with Gasteiger partial charge in [0.05, 0.1) is 0 Å². The molecule has 0 aliphatic carbocycles. The number of aromatic nitrogens is 2. The summed E-state index contributed by atoms with van der Waals surface area (Å²) in [5, 5.41) is 14.2. The lowest BCUT2D eigenvalue weighted by molar-refractivity contribution is -0.138. The van der Waals surface area contributed by atoms with Gasteiger partial charge in [-0.3, -0.25) is 4.79 Å². The molecule has 4 nitrogen and oxygen atoms in total. The molecule has 4 heteroatoms. The fourth-order valence-corrected chi connectivity index (χ4v) is 4.03. The first-order valence-corrected chi connectivity index (χ1v) is 8.99. The molecule has 0 aliphatic rings. The Kier molecular flexibility index (Phi) is 3.50. The molecule has 1 atom stereocenters. The number of H-pyrrole nitrogens is 2. The van der Waals surface area contributed by atoms with Crippen LogP contribution in [-0.2, 0) is 11.2 Å². The second-order valence-corrected chi connectivity index (χ2v) is 6.89. The van der Waals surface area contributed by atoms with Crippen LogP contribution in [0.2, 0.25) is 0 Å². The number of benzene rings is 3. The second-order valence-electron chi connectivity index (χ2n) is 6.89. The van der Waals surface area contributed by atoms with Crippen molar-refractivity contribution in [3.63, 3.8) is 0 Å². The van der Waals surface area contributed by atoms with Crippen molar-refractivity contribution in [3.05, 3.63) is 84.2 Å². The van der Waals surface area contributed by atoms with Crippen molar-refractivity contribution in [3.8, 4) is 0 Å². The summed E-state index contributed by atoms with van der Waals surface area (Å²) in [4.78, 5) is 18.8.